The van der Waals surface area contributed by atoms with E-state index in [4.69, 9.17) is 15.7 Å². The molecule has 0 aliphatic carbocycles. The van der Waals surface area contributed by atoms with E-state index in [1.54, 1.807) is 0 Å². The van der Waals surface area contributed by atoms with E-state index in [0.717, 1.165) is 32.6 Å². The summed E-state index contributed by atoms with van der Waals surface area (Å²) in [4.78, 5) is 0. The fraction of sp³-hybridized carbons (Fsp3) is 1.00. The molecule has 1 atom stereocenters. The molecule has 3 nitrogen and oxygen atoms in total. The fourth-order valence-corrected chi connectivity index (χ4v) is 12.2. The maximum atomic E-state index is 8.75. The maximum Gasteiger partial charge on any atom is 2.00 e. The van der Waals surface area contributed by atoms with Crippen LogP contribution in [0.5, 0.6) is 0 Å². The first kappa shape index (κ1) is 94.6. The number of nitrogens with zero attached hydrogens (tertiary/aromatic N) is 2. The third-order valence-electron chi connectivity index (χ3n) is 18.5. The van der Waals surface area contributed by atoms with Crippen LogP contribution in [-0.2, 0) is 21.7 Å². The van der Waals surface area contributed by atoms with Crippen molar-refractivity contribution in [3.63, 3.8) is 0 Å². The molecule has 0 aliphatic rings. The van der Waals surface area contributed by atoms with Gasteiger partial charge in [-0.2, -0.15) is 0 Å². The summed E-state index contributed by atoms with van der Waals surface area (Å²) in [5.74, 6) is 0.560. The average molecular weight is 1260 g/mol. The van der Waals surface area contributed by atoms with E-state index >= 15 is 0 Å². The van der Waals surface area contributed by atoms with Crippen LogP contribution in [0, 0.1) is 5.92 Å². The van der Waals surface area contributed by atoms with Crippen molar-refractivity contribution in [2.45, 2.75) is 478 Å². The van der Waals surface area contributed by atoms with Crippen molar-refractivity contribution < 1.29 is 39.2 Å². The molecule has 0 aromatic carbocycles. The first-order valence-corrected chi connectivity index (χ1v) is 40.0. The van der Waals surface area contributed by atoms with Crippen molar-refractivity contribution in [3.05, 3.63) is 10.6 Å². The third kappa shape index (κ3) is 98.6. The molecule has 0 heterocycles. The normalized spacial score (nSPS) is 11.5. The Morgan fingerprint density at radius 1 is 0.200 bits per heavy atom. The van der Waals surface area contributed by atoms with Crippen molar-refractivity contribution in [2.24, 2.45) is 5.92 Å². The molecular formula is C80H166ClN2OTi-. The molecule has 1 unspecified atom stereocenters. The molecule has 0 saturated carbocycles. The van der Waals surface area contributed by atoms with Crippen LogP contribution in [-0.4, -0.2) is 37.9 Å². The van der Waals surface area contributed by atoms with Gasteiger partial charge in [-0.05, 0) is 12.3 Å². The molecule has 0 aromatic heterocycles. The molecule has 0 radical (unpaired) electrons. The van der Waals surface area contributed by atoms with E-state index in [-0.39, 0.29) is 34.1 Å². The van der Waals surface area contributed by atoms with Gasteiger partial charge in [0.15, 0.2) is 0 Å². The van der Waals surface area contributed by atoms with Gasteiger partial charge in [0.1, 0.15) is 0 Å². The van der Waals surface area contributed by atoms with Crippen LogP contribution in [0.3, 0.4) is 0 Å². The second-order valence-electron chi connectivity index (χ2n) is 27.2. The van der Waals surface area contributed by atoms with Crippen LogP contribution in [0.15, 0.2) is 0 Å². The summed E-state index contributed by atoms with van der Waals surface area (Å²) in [6.45, 7) is 18.4. The smallest absolute Gasteiger partial charge is 1.00 e. The van der Waals surface area contributed by atoms with E-state index in [1.165, 1.54) is 430 Å². The zero-order valence-corrected chi connectivity index (χ0v) is 62.7. The number of hydrogen-bond donors (Lipinski definition) is 1. The van der Waals surface area contributed by atoms with E-state index in [0.29, 0.717) is 12.5 Å². The molecule has 5 heteroatoms. The number of unbranched alkanes of at least 4 members (excludes halogenated alkanes) is 61. The minimum atomic E-state index is 0. The Balaban J connectivity index is -0.000000428. The van der Waals surface area contributed by atoms with Crippen molar-refractivity contribution in [3.8, 4) is 0 Å². The predicted octanol–water partition coefficient (Wildman–Crippen LogP) is 27.0. The van der Waals surface area contributed by atoms with Crippen molar-refractivity contribution >= 4 is 0 Å². The summed E-state index contributed by atoms with van der Waals surface area (Å²) in [6.07, 6.45) is 97.6. The van der Waals surface area contributed by atoms with Crippen LogP contribution in [0.4, 0.5) is 0 Å². The molecule has 1 N–H and O–H groups in total. The Morgan fingerprint density at radius 2 is 0.329 bits per heavy atom. The zero-order chi connectivity index (χ0) is 60.6. The summed E-state index contributed by atoms with van der Waals surface area (Å²) < 4.78 is 0. The minimum Gasteiger partial charge on any atom is -1.00 e. The van der Waals surface area contributed by atoms with Gasteiger partial charge in [-0.25, -0.2) is 0 Å². The molecule has 0 spiro atoms. The number of aliphatic hydroxyl groups is 1. The number of rotatable bonds is 73. The third-order valence-corrected chi connectivity index (χ3v) is 18.5. The molecule has 0 amide bonds. The van der Waals surface area contributed by atoms with Gasteiger partial charge < -0.3 is 28.1 Å². The van der Waals surface area contributed by atoms with Crippen molar-refractivity contribution in [1.82, 2.24) is 0 Å². The van der Waals surface area contributed by atoms with Gasteiger partial charge in [0.05, 0.1) is 0 Å². The number of aliphatic hydroxyl groups excluding tert-OH is 1. The molecule has 0 fully saturated rings. The van der Waals surface area contributed by atoms with Gasteiger partial charge in [-0.15, -0.1) is 26.2 Å². The Labute approximate surface area is 563 Å². The summed E-state index contributed by atoms with van der Waals surface area (Å²) in [5.41, 5.74) is 0. The molecule has 0 aromatic rings. The second-order valence-corrected chi connectivity index (χ2v) is 27.2. The van der Waals surface area contributed by atoms with Gasteiger partial charge in [0, 0.05) is 6.61 Å². The zero-order valence-electron chi connectivity index (χ0n) is 60.4. The van der Waals surface area contributed by atoms with Gasteiger partial charge in [0.25, 0.3) is 0 Å². The van der Waals surface area contributed by atoms with Crippen LogP contribution in [0.2, 0.25) is 0 Å². The van der Waals surface area contributed by atoms with E-state index in [2.05, 4.69) is 41.5 Å². The van der Waals surface area contributed by atoms with E-state index in [9.17, 15) is 0 Å². The fourth-order valence-electron chi connectivity index (χ4n) is 12.2. The average Bonchev–Trinajstić information content (AvgIpc) is 3.50. The van der Waals surface area contributed by atoms with E-state index < -0.39 is 0 Å². The molecule has 0 saturated heterocycles. The van der Waals surface area contributed by atoms with E-state index in [1.807, 2.05) is 0 Å². The van der Waals surface area contributed by atoms with Gasteiger partial charge in [-0.3, -0.25) is 0 Å². The van der Waals surface area contributed by atoms with Crippen LogP contribution >= 0.6 is 0 Å². The maximum absolute atomic E-state index is 8.75. The molecular weight excluding hydrogens is 1090 g/mol. The van der Waals surface area contributed by atoms with Crippen molar-refractivity contribution in [2.75, 3.05) is 32.8 Å². The SMILES string of the molecule is CCCCC(CC)CO.CCCCCCCCCCCCCCCCCC[N-]CCCCCCCCCCCCCCCCCC.CCCCCCCCCCCCCCCCCC[N-]CCCCCCCCCCCCCCCCCC.[Cl-].[Ti+2]. The minimum absolute atomic E-state index is 0. The Kier molecular flexibility index (Phi) is 107. The largest absolute Gasteiger partial charge is 2.00 e. The quantitative estimate of drug-likeness (QED) is 0.0479. The second kappa shape index (κ2) is 96.0. The topological polar surface area (TPSA) is 48.4 Å². The van der Waals surface area contributed by atoms with Crippen molar-refractivity contribution in [1.29, 1.82) is 0 Å². The van der Waals surface area contributed by atoms with Gasteiger partial charge in [-0.1, -0.05) is 472 Å². The van der Waals surface area contributed by atoms with Gasteiger partial charge >= 0.3 is 21.7 Å². The summed E-state index contributed by atoms with van der Waals surface area (Å²) in [5, 5.41) is 18.3. The molecule has 0 rings (SSSR count). The van der Waals surface area contributed by atoms with Crippen LogP contribution < -0.4 is 12.4 Å². The standard InChI is InChI=1S/2C36H74N.C8H18O.ClH.Ti/c2*1-3-5-7-9-11-13-15-17-19-21-23-25-27-29-31-33-35-37-36-34-32-30-28-26-24-22-20-18-16-14-12-10-8-6-4-2;1-3-5-6-8(4-2)7-9;;/h2*3-36H2,1-2H3;8-9H,3-7H2,1-2H3;1H;/q2*-1;;;+2/p-1. The molecule has 0 bridgehead atoms. The monoisotopic (exact) mass is 1250 g/mol. The van der Waals surface area contributed by atoms with Crippen LogP contribution in [0.25, 0.3) is 10.6 Å². The Morgan fingerprint density at radius 3 is 0.447 bits per heavy atom. The summed E-state index contributed by atoms with van der Waals surface area (Å²) in [6, 6.07) is 0. The molecule has 0 aliphatic heterocycles. The Bertz CT molecular complexity index is 876. The molecule has 85 heavy (non-hydrogen) atoms. The first-order chi connectivity index (χ1) is 41.2. The predicted molar refractivity (Wildman–Crippen MR) is 385 cm³/mol. The summed E-state index contributed by atoms with van der Waals surface area (Å²) in [7, 11) is 0. The van der Waals surface area contributed by atoms with Gasteiger partial charge in [0.2, 0.25) is 0 Å². The summed E-state index contributed by atoms with van der Waals surface area (Å²) >= 11 is 0. The first-order valence-electron chi connectivity index (χ1n) is 40.0. The number of hydrogen-bond acceptors (Lipinski definition) is 1. The van der Waals surface area contributed by atoms with Crippen LogP contribution in [0.1, 0.15) is 478 Å². The Hall–Kier alpha value is 0.884. The molecule has 514 valence electrons. The number of halogens is 1.